The highest BCUT2D eigenvalue weighted by Crippen LogP contribution is 2.35. The van der Waals surface area contributed by atoms with E-state index < -0.39 is 22.7 Å². The number of ether oxygens (including phenoxy) is 3. The highest BCUT2D eigenvalue weighted by atomic mass is 16.6. The lowest BCUT2D eigenvalue weighted by Gasteiger charge is -2.37. The van der Waals surface area contributed by atoms with Crippen LogP contribution in [-0.4, -0.2) is 67.7 Å². The van der Waals surface area contributed by atoms with Gasteiger partial charge in [0.25, 0.3) is 11.6 Å². The summed E-state index contributed by atoms with van der Waals surface area (Å²) in [7, 11) is 1.35. The fourth-order valence-corrected chi connectivity index (χ4v) is 3.65. The number of amides is 1. The predicted molar refractivity (Wildman–Crippen MR) is 121 cm³/mol. The highest BCUT2D eigenvalue weighted by molar-refractivity contribution is 5.96. The molecule has 33 heavy (non-hydrogen) atoms. The zero-order valence-electron chi connectivity index (χ0n) is 18.9. The van der Waals surface area contributed by atoms with Crippen molar-refractivity contribution < 1.29 is 28.7 Å². The van der Waals surface area contributed by atoms with Crippen LogP contribution in [0.3, 0.4) is 0 Å². The van der Waals surface area contributed by atoms with Gasteiger partial charge in [0.1, 0.15) is 5.56 Å². The molecule has 0 bridgehead atoms. The molecule has 1 amide bonds. The van der Waals surface area contributed by atoms with Crippen LogP contribution in [0.5, 0.6) is 11.5 Å². The second kappa shape index (κ2) is 10.7. The van der Waals surface area contributed by atoms with Crippen molar-refractivity contribution in [3.05, 3.63) is 58.1 Å². The van der Waals surface area contributed by atoms with Gasteiger partial charge >= 0.3 is 5.97 Å². The van der Waals surface area contributed by atoms with Crippen LogP contribution in [0.25, 0.3) is 0 Å². The summed E-state index contributed by atoms with van der Waals surface area (Å²) in [4.78, 5) is 40.2. The maximum Gasteiger partial charge on any atom is 0.346 e. The SMILES string of the molecule is CCOc1cc(C(=O)OC(C)C(=O)N2CCN(c3ccccc3)CC2)c([N+](=O)[O-])cc1OC. The third kappa shape index (κ3) is 5.51. The van der Waals surface area contributed by atoms with E-state index in [1.54, 1.807) is 11.8 Å². The largest absolute Gasteiger partial charge is 0.493 e. The molecule has 176 valence electrons. The maximum absolute atomic E-state index is 12.8. The van der Waals surface area contributed by atoms with Gasteiger partial charge in [-0.15, -0.1) is 0 Å². The number of methoxy groups -OCH3 is 1. The fraction of sp³-hybridized carbons (Fsp3) is 0.391. The van der Waals surface area contributed by atoms with Crippen molar-refractivity contribution in [3.63, 3.8) is 0 Å². The number of esters is 1. The highest BCUT2D eigenvalue weighted by Gasteiger charge is 2.31. The monoisotopic (exact) mass is 457 g/mol. The van der Waals surface area contributed by atoms with E-state index in [4.69, 9.17) is 14.2 Å². The standard InChI is InChI=1S/C23H27N3O7/c1-4-32-21-14-18(19(26(29)30)15-20(21)31-3)23(28)33-16(2)22(27)25-12-10-24(11-13-25)17-8-6-5-7-9-17/h5-9,14-16H,4,10-13H2,1-3H3. The second-order valence-corrected chi connectivity index (χ2v) is 7.41. The Kier molecular flexibility index (Phi) is 7.70. The van der Waals surface area contributed by atoms with Crippen molar-refractivity contribution in [2.24, 2.45) is 0 Å². The summed E-state index contributed by atoms with van der Waals surface area (Å²) in [6.45, 7) is 5.72. The van der Waals surface area contributed by atoms with Crippen molar-refractivity contribution in [1.82, 2.24) is 4.90 Å². The fourth-order valence-electron chi connectivity index (χ4n) is 3.65. The molecule has 1 fully saturated rings. The summed E-state index contributed by atoms with van der Waals surface area (Å²) < 4.78 is 15.8. The molecule has 0 saturated carbocycles. The topological polar surface area (TPSA) is 111 Å². The van der Waals surface area contributed by atoms with Crippen LogP contribution >= 0.6 is 0 Å². The Labute approximate surface area is 191 Å². The lowest BCUT2D eigenvalue weighted by atomic mass is 10.1. The van der Waals surface area contributed by atoms with Gasteiger partial charge in [0.05, 0.1) is 24.7 Å². The van der Waals surface area contributed by atoms with E-state index >= 15 is 0 Å². The summed E-state index contributed by atoms with van der Waals surface area (Å²) >= 11 is 0. The van der Waals surface area contributed by atoms with Gasteiger partial charge in [0.2, 0.25) is 0 Å². The summed E-state index contributed by atoms with van der Waals surface area (Å²) in [5, 5.41) is 11.5. The van der Waals surface area contributed by atoms with Gasteiger partial charge in [-0.25, -0.2) is 4.79 Å². The Morgan fingerprint density at radius 1 is 1.09 bits per heavy atom. The molecule has 1 unspecified atom stereocenters. The van der Waals surface area contributed by atoms with E-state index in [2.05, 4.69) is 4.90 Å². The van der Waals surface area contributed by atoms with Crippen molar-refractivity contribution >= 4 is 23.3 Å². The van der Waals surface area contributed by atoms with Crippen molar-refractivity contribution in [1.29, 1.82) is 0 Å². The number of anilines is 1. The lowest BCUT2D eigenvalue weighted by molar-refractivity contribution is -0.385. The molecular weight excluding hydrogens is 430 g/mol. The van der Waals surface area contributed by atoms with Gasteiger partial charge in [-0.2, -0.15) is 0 Å². The van der Waals surface area contributed by atoms with Gasteiger partial charge in [-0.05, 0) is 26.0 Å². The van der Waals surface area contributed by atoms with Crippen LogP contribution in [-0.2, 0) is 9.53 Å². The van der Waals surface area contributed by atoms with Crippen LogP contribution in [0.15, 0.2) is 42.5 Å². The quantitative estimate of drug-likeness (QED) is 0.338. The molecule has 0 spiro atoms. The Morgan fingerprint density at radius 2 is 1.76 bits per heavy atom. The van der Waals surface area contributed by atoms with E-state index in [1.807, 2.05) is 30.3 Å². The van der Waals surface area contributed by atoms with Crippen molar-refractivity contribution in [3.8, 4) is 11.5 Å². The summed E-state index contributed by atoms with van der Waals surface area (Å²) in [5.74, 6) is -1.03. The number of carbonyl (C=O) groups is 2. The molecule has 1 atom stereocenters. The molecule has 3 rings (SSSR count). The van der Waals surface area contributed by atoms with E-state index in [0.29, 0.717) is 26.2 Å². The number of hydrogen-bond donors (Lipinski definition) is 0. The van der Waals surface area contributed by atoms with Gasteiger partial charge in [-0.3, -0.25) is 14.9 Å². The van der Waals surface area contributed by atoms with E-state index in [9.17, 15) is 19.7 Å². The molecular formula is C23H27N3O7. The second-order valence-electron chi connectivity index (χ2n) is 7.41. The Bertz CT molecular complexity index is 1000. The van der Waals surface area contributed by atoms with Gasteiger partial charge in [0.15, 0.2) is 17.6 Å². The molecule has 1 heterocycles. The van der Waals surface area contributed by atoms with E-state index in [-0.39, 0.29) is 29.6 Å². The van der Waals surface area contributed by atoms with Crippen LogP contribution in [0.4, 0.5) is 11.4 Å². The molecule has 1 aliphatic heterocycles. The molecule has 2 aromatic rings. The van der Waals surface area contributed by atoms with Crippen LogP contribution < -0.4 is 14.4 Å². The Balaban J connectivity index is 1.68. The zero-order chi connectivity index (χ0) is 24.0. The number of nitro groups is 1. The average Bonchev–Trinajstić information content (AvgIpc) is 2.84. The maximum atomic E-state index is 12.8. The molecule has 0 N–H and O–H groups in total. The number of nitrogens with zero attached hydrogens (tertiary/aromatic N) is 3. The van der Waals surface area contributed by atoms with Crippen molar-refractivity contribution in [2.45, 2.75) is 20.0 Å². The number of rotatable bonds is 8. The van der Waals surface area contributed by atoms with Crippen LogP contribution in [0.2, 0.25) is 0 Å². The van der Waals surface area contributed by atoms with Crippen LogP contribution in [0, 0.1) is 10.1 Å². The first-order chi connectivity index (χ1) is 15.8. The molecule has 0 aromatic heterocycles. The minimum Gasteiger partial charge on any atom is -0.493 e. The number of benzene rings is 2. The number of hydrogen-bond acceptors (Lipinski definition) is 8. The Morgan fingerprint density at radius 3 is 2.33 bits per heavy atom. The minimum absolute atomic E-state index is 0.125. The smallest absolute Gasteiger partial charge is 0.346 e. The summed E-state index contributed by atoms with van der Waals surface area (Å²) in [5.41, 5.74) is 0.287. The lowest BCUT2D eigenvalue weighted by Crippen LogP contribution is -2.51. The first kappa shape index (κ1) is 23.8. The third-order valence-electron chi connectivity index (χ3n) is 5.34. The summed E-state index contributed by atoms with van der Waals surface area (Å²) in [6.07, 6.45) is -1.10. The van der Waals surface area contributed by atoms with Crippen LogP contribution in [0.1, 0.15) is 24.2 Å². The predicted octanol–water partition coefficient (Wildman–Crippen LogP) is 2.90. The Hall–Kier alpha value is -3.82. The van der Waals surface area contributed by atoms with E-state index in [0.717, 1.165) is 11.8 Å². The third-order valence-corrected chi connectivity index (χ3v) is 5.34. The normalized spacial score (nSPS) is 14.4. The number of para-hydroxylation sites is 1. The molecule has 2 aromatic carbocycles. The van der Waals surface area contributed by atoms with E-state index in [1.165, 1.54) is 20.1 Å². The molecule has 10 heteroatoms. The average molecular weight is 457 g/mol. The molecule has 1 aliphatic rings. The minimum atomic E-state index is -1.10. The number of nitro benzene ring substituents is 1. The number of piperazine rings is 1. The molecule has 0 aliphatic carbocycles. The van der Waals surface area contributed by atoms with Gasteiger partial charge in [-0.1, -0.05) is 18.2 Å². The summed E-state index contributed by atoms with van der Waals surface area (Å²) in [6, 6.07) is 12.2. The zero-order valence-corrected chi connectivity index (χ0v) is 18.9. The van der Waals surface area contributed by atoms with Crippen molar-refractivity contribution in [2.75, 3.05) is 44.8 Å². The number of carbonyl (C=O) groups excluding carboxylic acids is 2. The molecule has 1 saturated heterocycles. The van der Waals surface area contributed by atoms with Gasteiger partial charge < -0.3 is 24.0 Å². The first-order valence-electron chi connectivity index (χ1n) is 10.6. The molecule has 10 nitrogen and oxygen atoms in total. The first-order valence-corrected chi connectivity index (χ1v) is 10.6. The molecule has 0 radical (unpaired) electrons. The van der Waals surface area contributed by atoms with Gasteiger partial charge in [0, 0.05) is 37.9 Å².